The Morgan fingerprint density at radius 2 is 2.19 bits per heavy atom. The molecular formula is C15H22N2O3S. The van der Waals surface area contributed by atoms with Gasteiger partial charge >= 0.3 is 0 Å². The monoisotopic (exact) mass is 310 g/mol. The molecule has 0 amide bonds. The summed E-state index contributed by atoms with van der Waals surface area (Å²) in [7, 11) is -3.51. The van der Waals surface area contributed by atoms with Gasteiger partial charge in [-0.25, -0.2) is 13.1 Å². The van der Waals surface area contributed by atoms with Crippen LogP contribution in [0.5, 0.6) is 0 Å². The fraction of sp³-hybridized carbons (Fsp3) is 0.600. The van der Waals surface area contributed by atoms with Crippen LogP contribution < -0.4 is 10.0 Å². The van der Waals surface area contributed by atoms with E-state index in [9.17, 15) is 8.42 Å². The lowest BCUT2D eigenvalue weighted by Gasteiger charge is -2.34. The van der Waals surface area contributed by atoms with Crippen molar-refractivity contribution in [2.75, 3.05) is 25.1 Å². The summed E-state index contributed by atoms with van der Waals surface area (Å²) >= 11 is 0. The molecule has 1 saturated heterocycles. The van der Waals surface area contributed by atoms with Crippen LogP contribution in [-0.2, 0) is 21.2 Å². The third kappa shape index (κ3) is 3.22. The van der Waals surface area contributed by atoms with E-state index in [1.165, 1.54) is 0 Å². The molecule has 0 radical (unpaired) electrons. The van der Waals surface area contributed by atoms with Crippen molar-refractivity contribution in [3.05, 3.63) is 23.8 Å². The summed E-state index contributed by atoms with van der Waals surface area (Å²) in [5.41, 5.74) is 1.62. The maximum atomic E-state index is 12.6. The normalized spacial score (nSPS) is 26.0. The van der Waals surface area contributed by atoms with Crippen LogP contribution in [0.4, 0.5) is 5.69 Å². The molecule has 1 aromatic rings. The minimum atomic E-state index is -3.51. The van der Waals surface area contributed by atoms with Gasteiger partial charge in [0.2, 0.25) is 10.0 Å². The zero-order valence-corrected chi connectivity index (χ0v) is 13.1. The van der Waals surface area contributed by atoms with Crippen molar-refractivity contribution >= 4 is 15.7 Å². The van der Waals surface area contributed by atoms with E-state index in [0.29, 0.717) is 18.1 Å². The van der Waals surface area contributed by atoms with Crippen molar-refractivity contribution in [1.29, 1.82) is 0 Å². The van der Waals surface area contributed by atoms with Crippen molar-refractivity contribution in [3.63, 3.8) is 0 Å². The first kappa shape index (κ1) is 14.8. The highest BCUT2D eigenvalue weighted by molar-refractivity contribution is 7.89. The molecule has 116 valence electrons. The Balaban J connectivity index is 1.84. The molecule has 1 unspecified atom stereocenters. The van der Waals surface area contributed by atoms with E-state index >= 15 is 0 Å². The second kappa shape index (κ2) is 5.59. The van der Waals surface area contributed by atoms with Crippen molar-refractivity contribution in [2.24, 2.45) is 0 Å². The summed E-state index contributed by atoms with van der Waals surface area (Å²) in [6.07, 6.45) is 3.65. The molecule has 0 saturated carbocycles. The summed E-state index contributed by atoms with van der Waals surface area (Å²) in [5, 5.41) is 3.29. The molecule has 5 nitrogen and oxygen atoms in total. The number of aryl methyl sites for hydroxylation is 1. The van der Waals surface area contributed by atoms with Gasteiger partial charge in [-0.15, -0.1) is 0 Å². The van der Waals surface area contributed by atoms with Crippen LogP contribution in [0.1, 0.15) is 31.7 Å². The molecule has 3 rings (SSSR count). The van der Waals surface area contributed by atoms with Crippen LogP contribution in [0.2, 0.25) is 0 Å². The van der Waals surface area contributed by atoms with E-state index in [0.717, 1.165) is 43.5 Å². The van der Waals surface area contributed by atoms with Crippen LogP contribution in [-0.4, -0.2) is 33.7 Å². The molecule has 6 heteroatoms. The van der Waals surface area contributed by atoms with Crippen molar-refractivity contribution < 1.29 is 13.2 Å². The lowest BCUT2D eigenvalue weighted by atomic mass is 9.97. The number of rotatable bonds is 3. The van der Waals surface area contributed by atoms with Crippen molar-refractivity contribution in [1.82, 2.24) is 4.72 Å². The van der Waals surface area contributed by atoms with Crippen molar-refractivity contribution in [2.45, 2.75) is 43.0 Å². The number of benzene rings is 1. The summed E-state index contributed by atoms with van der Waals surface area (Å²) in [4.78, 5) is 0.344. The second-order valence-electron chi connectivity index (χ2n) is 6.17. The molecule has 2 aliphatic heterocycles. The van der Waals surface area contributed by atoms with E-state index < -0.39 is 15.6 Å². The van der Waals surface area contributed by atoms with Gasteiger partial charge in [-0.3, -0.25) is 0 Å². The Morgan fingerprint density at radius 1 is 1.33 bits per heavy atom. The molecule has 2 heterocycles. The molecule has 0 aliphatic carbocycles. The first-order chi connectivity index (χ1) is 9.99. The quantitative estimate of drug-likeness (QED) is 0.895. The molecule has 0 aromatic heterocycles. The summed E-state index contributed by atoms with van der Waals surface area (Å²) in [6.45, 7) is 4.00. The van der Waals surface area contributed by atoms with Gasteiger partial charge < -0.3 is 10.1 Å². The van der Waals surface area contributed by atoms with Gasteiger partial charge in [-0.1, -0.05) is 0 Å². The van der Waals surface area contributed by atoms with E-state index in [1.807, 2.05) is 13.0 Å². The largest absolute Gasteiger partial charge is 0.385 e. The highest BCUT2D eigenvalue weighted by Crippen LogP contribution is 2.27. The number of hydrogen-bond donors (Lipinski definition) is 2. The number of anilines is 1. The standard InChI is InChI=1S/C15H22N2O3S/c1-15(7-3-9-20-11-15)17-21(18,19)13-5-6-14-12(10-13)4-2-8-16-14/h5-6,10,16-17H,2-4,7-9,11H2,1H3. The Labute approximate surface area is 126 Å². The van der Waals surface area contributed by atoms with Gasteiger partial charge in [0.05, 0.1) is 17.0 Å². The highest BCUT2D eigenvalue weighted by Gasteiger charge is 2.33. The molecule has 0 spiro atoms. The lowest BCUT2D eigenvalue weighted by Crippen LogP contribution is -2.51. The SMILES string of the molecule is CC1(NS(=O)(=O)c2ccc3c(c2)CCCN3)CCCOC1. The number of sulfonamides is 1. The zero-order valence-electron chi connectivity index (χ0n) is 12.3. The van der Waals surface area contributed by atoms with E-state index in [4.69, 9.17) is 4.74 Å². The summed E-state index contributed by atoms with van der Waals surface area (Å²) < 4.78 is 33.5. The molecule has 1 atom stereocenters. The van der Waals surface area contributed by atoms with Gasteiger partial charge in [0.15, 0.2) is 0 Å². The van der Waals surface area contributed by atoms with Gasteiger partial charge in [0, 0.05) is 18.8 Å². The Morgan fingerprint density at radius 3 is 2.95 bits per heavy atom. The zero-order chi connectivity index (χ0) is 14.9. The molecular weight excluding hydrogens is 288 g/mol. The van der Waals surface area contributed by atoms with E-state index in [2.05, 4.69) is 10.0 Å². The maximum absolute atomic E-state index is 12.6. The fourth-order valence-corrected chi connectivity index (χ4v) is 4.49. The molecule has 21 heavy (non-hydrogen) atoms. The molecule has 2 N–H and O–H groups in total. The number of hydrogen-bond acceptors (Lipinski definition) is 4. The van der Waals surface area contributed by atoms with Gasteiger partial charge in [0.1, 0.15) is 0 Å². The first-order valence-electron chi connectivity index (χ1n) is 7.47. The Kier molecular flexibility index (Phi) is 3.94. The van der Waals surface area contributed by atoms with Crippen LogP contribution in [0.25, 0.3) is 0 Å². The van der Waals surface area contributed by atoms with Crippen LogP contribution in [0.3, 0.4) is 0 Å². The minimum Gasteiger partial charge on any atom is -0.385 e. The van der Waals surface area contributed by atoms with Crippen LogP contribution >= 0.6 is 0 Å². The third-order valence-corrected chi connectivity index (χ3v) is 5.78. The summed E-state index contributed by atoms with van der Waals surface area (Å²) in [5.74, 6) is 0. The number of ether oxygens (including phenoxy) is 1. The van der Waals surface area contributed by atoms with Crippen molar-refractivity contribution in [3.8, 4) is 0 Å². The fourth-order valence-electron chi connectivity index (χ4n) is 3.02. The summed E-state index contributed by atoms with van der Waals surface area (Å²) in [6, 6.07) is 5.33. The minimum absolute atomic E-state index is 0.344. The average molecular weight is 310 g/mol. The predicted molar refractivity (Wildman–Crippen MR) is 82.0 cm³/mol. The molecule has 1 aromatic carbocycles. The van der Waals surface area contributed by atoms with Crippen LogP contribution in [0, 0.1) is 0 Å². The molecule has 1 fully saturated rings. The Hall–Kier alpha value is -1.11. The highest BCUT2D eigenvalue weighted by atomic mass is 32.2. The number of nitrogens with one attached hydrogen (secondary N) is 2. The second-order valence-corrected chi connectivity index (χ2v) is 7.85. The smallest absolute Gasteiger partial charge is 0.241 e. The van der Waals surface area contributed by atoms with Gasteiger partial charge in [-0.05, 0) is 56.4 Å². The molecule has 0 bridgehead atoms. The average Bonchev–Trinajstić information content (AvgIpc) is 2.46. The number of fused-ring (bicyclic) bond motifs is 1. The first-order valence-corrected chi connectivity index (χ1v) is 8.95. The maximum Gasteiger partial charge on any atom is 0.241 e. The van der Waals surface area contributed by atoms with E-state index in [-0.39, 0.29) is 0 Å². The predicted octanol–water partition coefficient (Wildman–Crippen LogP) is 1.89. The molecule has 2 aliphatic rings. The van der Waals surface area contributed by atoms with E-state index in [1.54, 1.807) is 12.1 Å². The topological polar surface area (TPSA) is 67.4 Å². The third-order valence-electron chi connectivity index (χ3n) is 4.14. The lowest BCUT2D eigenvalue weighted by molar-refractivity contribution is 0.0386. The Bertz CT molecular complexity index is 622. The van der Waals surface area contributed by atoms with Crippen LogP contribution in [0.15, 0.2) is 23.1 Å². The van der Waals surface area contributed by atoms with Gasteiger partial charge in [-0.2, -0.15) is 0 Å². The van der Waals surface area contributed by atoms with Gasteiger partial charge in [0.25, 0.3) is 0 Å².